The molecule has 0 bridgehead atoms. The Labute approximate surface area is 137 Å². The van der Waals surface area contributed by atoms with E-state index in [0.29, 0.717) is 0 Å². The molecule has 130 valence electrons. The zero-order chi connectivity index (χ0) is 18.7. The highest BCUT2D eigenvalue weighted by Gasteiger charge is 2.21. The van der Waals surface area contributed by atoms with Gasteiger partial charge in [-0.1, -0.05) is 6.08 Å². The van der Waals surface area contributed by atoms with E-state index in [0.717, 1.165) is 12.1 Å². The molecule has 0 aliphatic carbocycles. The lowest BCUT2D eigenvalue weighted by Crippen LogP contribution is -2.25. The fraction of sp³-hybridized carbons (Fsp3) is 0.0769. The van der Waals surface area contributed by atoms with Crippen LogP contribution in [0.2, 0.25) is 0 Å². The first kappa shape index (κ1) is 17.4. The molecular weight excluding hydrogens is 340 g/mol. The molecule has 2 rings (SSSR count). The highest BCUT2D eigenvalue weighted by Crippen LogP contribution is 2.37. The fourth-order valence-corrected chi connectivity index (χ4v) is 1.98. The van der Waals surface area contributed by atoms with Gasteiger partial charge in [0, 0.05) is 6.07 Å². The van der Waals surface area contributed by atoms with Crippen molar-refractivity contribution in [2.45, 2.75) is 0 Å². The van der Waals surface area contributed by atoms with Gasteiger partial charge in [-0.25, -0.2) is 4.79 Å². The third kappa shape index (κ3) is 3.52. The summed E-state index contributed by atoms with van der Waals surface area (Å²) in [6.07, 6.45) is 2.21. The molecule has 0 unspecified atom stereocenters. The third-order valence-electron chi connectivity index (χ3n) is 3.06. The second-order valence-electron chi connectivity index (χ2n) is 4.61. The van der Waals surface area contributed by atoms with Crippen LogP contribution in [0.1, 0.15) is 11.3 Å². The van der Waals surface area contributed by atoms with Gasteiger partial charge < -0.3 is 14.8 Å². The van der Waals surface area contributed by atoms with Crippen molar-refractivity contribution in [2.24, 2.45) is 0 Å². The minimum Gasteiger partial charge on any atom is -0.500 e. The van der Waals surface area contributed by atoms with Crippen LogP contribution in [0.5, 0.6) is 11.5 Å². The van der Waals surface area contributed by atoms with Crippen LogP contribution in [-0.4, -0.2) is 32.0 Å². The van der Waals surface area contributed by atoms with Crippen LogP contribution in [0.25, 0.3) is 12.2 Å². The molecule has 0 atom stereocenters. The molecular formula is C13H10N4O8. The first-order valence-electron chi connectivity index (χ1n) is 6.49. The lowest BCUT2D eigenvalue weighted by Gasteiger charge is -2.05. The van der Waals surface area contributed by atoms with Crippen LogP contribution >= 0.6 is 0 Å². The van der Waals surface area contributed by atoms with Crippen LogP contribution in [0, 0.1) is 20.2 Å². The normalized spacial score (nSPS) is 10.8. The second kappa shape index (κ2) is 6.66. The summed E-state index contributed by atoms with van der Waals surface area (Å²) in [7, 11) is 1.19. The van der Waals surface area contributed by atoms with Gasteiger partial charge in [0.1, 0.15) is 5.69 Å². The number of methoxy groups -OCH3 is 1. The number of nitrogens with zero attached hydrogens (tertiary/aromatic N) is 2. The summed E-state index contributed by atoms with van der Waals surface area (Å²) < 4.78 is 4.82. The summed E-state index contributed by atoms with van der Waals surface area (Å²) in [5.41, 5.74) is -3.94. The number of phenols is 1. The van der Waals surface area contributed by atoms with Gasteiger partial charge in [-0.05, 0) is 17.7 Å². The lowest BCUT2D eigenvalue weighted by atomic mass is 10.1. The van der Waals surface area contributed by atoms with Gasteiger partial charge in [-0.2, -0.15) is 0 Å². The fourth-order valence-electron chi connectivity index (χ4n) is 1.98. The predicted octanol–water partition coefficient (Wildman–Crippen LogP) is 0.764. The van der Waals surface area contributed by atoms with Crippen molar-refractivity contribution in [3.05, 3.63) is 64.5 Å². The number of benzene rings is 1. The molecule has 0 aliphatic heterocycles. The molecule has 0 fully saturated rings. The Bertz CT molecular complexity index is 1000. The van der Waals surface area contributed by atoms with Crippen LogP contribution < -0.4 is 16.0 Å². The number of rotatable bonds is 5. The molecule has 3 N–H and O–H groups in total. The highest BCUT2D eigenvalue weighted by atomic mass is 16.6. The van der Waals surface area contributed by atoms with E-state index in [2.05, 4.69) is 4.98 Å². The summed E-state index contributed by atoms with van der Waals surface area (Å²) in [5, 5.41) is 31.6. The van der Waals surface area contributed by atoms with Crippen LogP contribution in [-0.2, 0) is 0 Å². The third-order valence-corrected chi connectivity index (χ3v) is 3.06. The van der Waals surface area contributed by atoms with Crippen molar-refractivity contribution in [1.29, 1.82) is 0 Å². The van der Waals surface area contributed by atoms with Gasteiger partial charge in [0.05, 0.1) is 17.0 Å². The molecule has 12 heteroatoms. The van der Waals surface area contributed by atoms with Gasteiger partial charge >= 0.3 is 22.6 Å². The van der Waals surface area contributed by atoms with E-state index in [-0.39, 0.29) is 11.3 Å². The molecule has 0 radical (unpaired) electrons. The number of nitrogens with one attached hydrogen (secondary N) is 2. The maximum atomic E-state index is 11.5. The van der Waals surface area contributed by atoms with Gasteiger partial charge in [-0.15, -0.1) is 0 Å². The van der Waals surface area contributed by atoms with E-state index < -0.39 is 43.9 Å². The topological polar surface area (TPSA) is 181 Å². The Morgan fingerprint density at radius 2 is 1.80 bits per heavy atom. The summed E-state index contributed by atoms with van der Waals surface area (Å²) in [6.45, 7) is 0. The molecule has 1 aromatic heterocycles. The lowest BCUT2D eigenvalue weighted by molar-refractivity contribution is -0.386. The number of nitro benzene ring substituents is 1. The molecule has 0 spiro atoms. The number of aromatic hydroxyl groups is 1. The second-order valence-corrected chi connectivity index (χ2v) is 4.61. The van der Waals surface area contributed by atoms with Crippen LogP contribution in [0.3, 0.4) is 0 Å². The molecule has 1 aromatic carbocycles. The Hall–Kier alpha value is -3.96. The van der Waals surface area contributed by atoms with Crippen molar-refractivity contribution >= 4 is 23.5 Å². The minimum absolute atomic E-state index is 0.136. The molecule has 2 aromatic rings. The largest absolute Gasteiger partial charge is 0.500 e. The predicted molar refractivity (Wildman–Crippen MR) is 84.6 cm³/mol. The maximum absolute atomic E-state index is 11.5. The maximum Gasteiger partial charge on any atom is 0.357 e. The van der Waals surface area contributed by atoms with Crippen LogP contribution in [0.15, 0.2) is 21.7 Å². The number of hydrogen-bond acceptors (Lipinski definition) is 8. The Morgan fingerprint density at radius 3 is 2.36 bits per heavy atom. The number of aromatic nitrogens is 2. The molecule has 1 heterocycles. The number of ether oxygens (including phenoxy) is 1. The first-order chi connectivity index (χ1) is 11.7. The zero-order valence-electron chi connectivity index (χ0n) is 12.5. The van der Waals surface area contributed by atoms with Crippen LogP contribution in [0.4, 0.5) is 11.4 Å². The van der Waals surface area contributed by atoms with E-state index in [4.69, 9.17) is 4.74 Å². The summed E-state index contributed by atoms with van der Waals surface area (Å²) >= 11 is 0. The van der Waals surface area contributed by atoms with Crippen molar-refractivity contribution < 1.29 is 19.7 Å². The number of phenolic OH excluding ortho intramolecular Hbond substituents is 1. The van der Waals surface area contributed by atoms with Gasteiger partial charge in [0.15, 0.2) is 5.75 Å². The van der Waals surface area contributed by atoms with E-state index in [1.807, 2.05) is 0 Å². The number of H-pyrrole nitrogens is 2. The molecule has 12 nitrogen and oxygen atoms in total. The summed E-state index contributed by atoms with van der Waals surface area (Å²) in [6, 6.07) is 2.22. The smallest absolute Gasteiger partial charge is 0.357 e. The SMILES string of the molecule is COc1cc(C=Cc2[nH]c(=O)[nH]c(=O)c2[N+](=O)[O-])cc([N+](=O)[O-])c1O. The summed E-state index contributed by atoms with van der Waals surface area (Å²) in [4.78, 5) is 46.7. The van der Waals surface area contributed by atoms with Gasteiger partial charge in [0.2, 0.25) is 5.75 Å². The van der Waals surface area contributed by atoms with E-state index in [1.165, 1.54) is 19.3 Å². The average molecular weight is 350 g/mol. The Morgan fingerprint density at radius 1 is 1.12 bits per heavy atom. The molecule has 0 saturated heterocycles. The molecule has 0 amide bonds. The number of hydrogen-bond donors (Lipinski definition) is 3. The summed E-state index contributed by atoms with van der Waals surface area (Å²) in [5.74, 6) is -0.872. The highest BCUT2D eigenvalue weighted by molar-refractivity contribution is 5.74. The molecule has 25 heavy (non-hydrogen) atoms. The zero-order valence-corrected chi connectivity index (χ0v) is 12.5. The first-order valence-corrected chi connectivity index (χ1v) is 6.49. The number of aromatic amines is 2. The van der Waals surface area contributed by atoms with E-state index in [9.17, 15) is 34.9 Å². The van der Waals surface area contributed by atoms with Crippen molar-refractivity contribution in [3.63, 3.8) is 0 Å². The minimum atomic E-state index is -1.19. The quantitative estimate of drug-likeness (QED) is 0.521. The monoisotopic (exact) mass is 350 g/mol. The number of nitro groups is 2. The van der Waals surface area contributed by atoms with Crippen molar-refractivity contribution in [2.75, 3.05) is 7.11 Å². The average Bonchev–Trinajstić information content (AvgIpc) is 2.52. The van der Waals surface area contributed by atoms with Crippen molar-refractivity contribution in [1.82, 2.24) is 9.97 Å². The molecule has 0 saturated carbocycles. The molecule has 0 aliphatic rings. The Balaban J connectivity index is 2.59. The van der Waals surface area contributed by atoms with E-state index >= 15 is 0 Å². The van der Waals surface area contributed by atoms with E-state index in [1.54, 1.807) is 4.98 Å². The van der Waals surface area contributed by atoms with Gasteiger partial charge in [-0.3, -0.25) is 30.0 Å². The Kier molecular flexibility index (Phi) is 4.63. The van der Waals surface area contributed by atoms with Crippen molar-refractivity contribution in [3.8, 4) is 11.5 Å². The van der Waals surface area contributed by atoms with Gasteiger partial charge in [0.25, 0.3) is 0 Å². The standard InChI is InChI=1S/C13H10N4O8/c1-25-9-5-6(4-8(11(9)18)16(21)22)2-3-7-10(17(23)24)12(19)15-13(20)14-7/h2-5,18H,1H3,(H2,14,15,19,20).